The van der Waals surface area contributed by atoms with Gasteiger partial charge in [0.1, 0.15) is 0 Å². The molecule has 0 aliphatic carbocycles. The fraction of sp³-hybridized carbons (Fsp3) is 0.583. The van der Waals surface area contributed by atoms with Crippen molar-refractivity contribution in [2.75, 3.05) is 13.7 Å². The molecule has 0 bridgehead atoms. The highest BCUT2D eigenvalue weighted by Crippen LogP contribution is 2.23. The van der Waals surface area contributed by atoms with Gasteiger partial charge in [0.05, 0.1) is 12.7 Å². The first-order chi connectivity index (χ1) is 7.54. The largest absolute Gasteiger partial charge is 0.465 e. The molecular formula is C12H19NO3. The van der Waals surface area contributed by atoms with Gasteiger partial charge in [-0.25, -0.2) is 4.79 Å². The second-order valence-electron chi connectivity index (χ2n) is 3.90. The molecule has 0 aliphatic rings. The highest BCUT2D eigenvalue weighted by molar-refractivity contribution is 5.93. The molecule has 0 amide bonds. The summed E-state index contributed by atoms with van der Waals surface area (Å²) in [4.78, 5) is 11.7. The van der Waals surface area contributed by atoms with Gasteiger partial charge in [-0.1, -0.05) is 0 Å². The Labute approximate surface area is 95.8 Å². The van der Waals surface area contributed by atoms with E-state index in [1.807, 2.05) is 25.5 Å². The van der Waals surface area contributed by atoms with E-state index in [0.717, 1.165) is 17.0 Å². The Hall–Kier alpha value is -1.29. The molecule has 1 rings (SSSR count). The van der Waals surface area contributed by atoms with E-state index < -0.39 is 0 Å². The van der Waals surface area contributed by atoms with Crippen molar-refractivity contribution in [1.29, 1.82) is 0 Å². The molecule has 0 aliphatic heterocycles. The van der Waals surface area contributed by atoms with Crippen LogP contribution in [0.5, 0.6) is 0 Å². The molecule has 0 saturated heterocycles. The summed E-state index contributed by atoms with van der Waals surface area (Å²) in [5.74, 6) is -0.297. The lowest BCUT2D eigenvalue weighted by Gasteiger charge is -2.03. The van der Waals surface area contributed by atoms with Crippen molar-refractivity contribution >= 4 is 5.97 Å². The molecule has 0 spiro atoms. The van der Waals surface area contributed by atoms with Crippen LogP contribution in [0.3, 0.4) is 0 Å². The number of aromatic nitrogens is 1. The molecule has 0 atom stereocenters. The van der Waals surface area contributed by atoms with Crippen molar-refractivity contribution in [3.05, 3.63) is 22.5 Å². The number of nitrogens with zero attached hydrogens (tertiary/aromatic N) is 1. The molecule has 0 fully saturated rings. The number of carbonyl (C=O) groups is 1. The normalized spacial score (nSPS) is 10.6. The van der Waals surface area contributed by atoms with E-state index in [2.05, 4.69) is 0 Å². The lowest BCUT2D eigenvalue weighted by molar-refractivity contribution is 0.0598. The van der Waals surface area contributed by atoms with Crippen molar-refractivity contribution in [2.45, 2.75) is 26.7 Å². The zero-order valence-electron chi connectivity index (χ0n) is 10.3. The molecule has 16 heavy (non-hydrogen) atoms. The summed E-state index contributed by atoms with van der Waals surface area (Å²) in [5, 5.41) is 8.86. The van der Waals surface area contributed by atoms with E-state index in [-0.39, 0.29) is 12.6 Å². The highest BCUT2D eigenvalue weighted by Gasteiger charge is 2.21. The van der Waals surface area contributed by atoms with E-state index in [4.69, 9.17) is 9.84 Å². The summed E-state index contributed by atoms with van der Waals surface area (Å²) in [6, 6.07) is 0. The van der Waals surface area contributed by atoms with E-state index in [1.54, 1.807) is 0 Å². The average molecular weight is 225 g/mol. The smallest absolute Gasteiger partial charge is 0.339 e. The van der Waals surface area contributed by atoms with Crippen molar-refractivity contribution < 1.29 is 14.6 Å². The monoisotopic (exact) mass is 225 g/mol. The highest BCUT2D eigenvalue weighted by atomic mass is 16.5. The minimum absolute atomic E-state index is 0.133. The summed E-state index contributed by atoms with van der Waals surface area (Å²) in [7, 11) is 3.32. The van der Waals surface area contributed by atoms with Crippen LogP contribution in [-0.2, 0) is 18.2 Å². The number of hydrogen-bond acceptors (Lipinski definition) is 3. The number of aliphatic hydroxyl groups is 1. The maximum absolute atomic E-state index is 11.7. The summed E-state index contributed by atoms with van der Waals surface area (Å²) in [6.45, 7) is 4.02. The Morgan fingerprint density at radius 1 is 1.38 bits per heavy atom. The number of methoxy groups -OCH3 is 1. The second kappa shape index (κ2) is 5.16. The van der Waals surface area contributed by atoms with Gasteiger partial charge in [-0.15, -0.1) is 0 Å². The Morgan fingerprint density at radius 2 is 2.00 bits per heavy atom. The minimum Gasteiger partial charge on any atom is -0.465 e. The molecular weight excluding hydrogens is 206 g/mol. The van der Waals surface area contributed by atoms with Crippen LogP contribution in [0, 0.1) is 13.8 Å². The van der Waals surface area contributed by atoms with E-state index in [1.165, 1.54) is 7.11 Å². The summed E-state index contributed by atoms with van der Waals surface area (Å²) < 4.78 is 6.78. The van der Waals surface area contributed by atoms with Crippen LogP contribution in [0.4, 0.5) is 0 Å². The lowest BCUT2D eigenvalue weighted by atomic mass is 10.0. The maximum atomic E-state index is 11.7. The standard InChI is InChI=1S/C12H19NO3/c1-8-10(6-5-7-14)11(12(15)16-4)9(2)13(8)3/h14H,5-7H2,1-4H3. The molecule has 1 N–H and O–H groups in total. The molecule has 1 heterocycles. The van der Waals surface area contributed by atoms with E-state index >= 15 is 0 Å². The third kappa shape index (κ3) is 2.11. The molecule has 0 saturated carbocycles. The fourth-order valence-electron chi connectivity index (χ4n) is 1.96. The van der Waals surface area contributed by atoms with E-state index in [9.17, 15) is 4.79 Å². The van der Waals surface area contributed by atoms with Crippen molar-refractivity contribution in [2.24, 2.45) is 7.05 Å². The van der Waals surface area contributed by atoms with Crippen LogP contribution in [0.1, 0.15) is 33.7 Å². The van der Waals surface area contributed by atoms with Crippen LogP contribution in [0.15, 0.2) is 0 Å². The molecule has 90 valence electrons. The third-order valence-corrected chi connectivity index (χ3v) is 3.08. The fourth-order valence-corrected chi connectivity index (χ4v) is 1.96. The Morgan fingerprint density at radius 3 is 2.50 bits per heavy atom. The molecule has 0 radical (unpaired) electrons. The number of hydrogen-bond donors (Lipinski definition) is 1. The van der Waals surface area contributed by atoms with Gasteiger partial charge in [0.15, 0.2) is 0 Å². The zero-order chi connectivity index (χ0) is 12.3. The van der Waals surface area contributed by atoms with Gasteiger partial charge in [-0.2, -0.15) is 0 Å². The molecule has 0 aromatic carbocycles. The number of rotatable bonds is 4. The van der Waals surface area contributed by atoms with Crippen LogP contribution >= 0.6 is 0 Å². The van der Waals surface area contributed by atoms with Gasteiger partial charge in [0.25, 0.3) is 0 Å². The first-order valence-electron chi connectivity index (χ1n) is 5.38. The number of ether oxygens (including phenoxy) is 1. The van der Waals surface area contributed by atoms with Crippen molar-refractivity contribution in [1.82, 2.24) is 4.57 Å². The lowest BCUT2D eigenvalue weighted by Crippen LogP contribution is -2.06. The number of carbonyl (C=O) groups excluding carboxylic acids is 1. The maximum Gasteiger partial charge on any atom is 0.339 e. The summed E-state index contributed by atoms with van der Waals surface area (Å²) >= 11 is 0. The van der Waals surface area contributed by atoms with Gasteiger partial charge < -0.3 is 14.4 Å². The molecule has 4 nitrogen and oxygen atoms in total. The summed E-state index contributed by atoms with van der Waals surface area (Å²) in [5.41, 5.74) is 3.61. The average Bonchev–Trinajstić information content (AvgIpc) is 2.50. The third-order valence-electron chi connectivity index (χ3n) is 3.08. The van der Waals surface area contributed by atoms with Gasteiger partial charge in [-0.05, 0) is 32.3 Å². The SMILES string of the molecule is COC(=O)c1c(CCCO)c(C)n(C)c1C. The van der Waals surface area contributed by atoms with Crippen LogP contribution < -0.4 is 0 Å². The van der Waals surface area contributed by atoms with Gasteiger partial charge in [0.2, 0.25) is 0 Å². The molecule has 4 heteroatoms. The summed E-state index contributed by atoms with van der Waals surface area (Å²) in [6.07, 6.45) is 1.36. The molecule has 1 aromatic heterocycles. The topological polar surface area (TPSA) is 51.5 Å². The van der Waals surface area contributed by atoms with Crippen LogP contribution in [-0.4, -0.2) is 29.4 Å². The second-order valence-corrected chi connectivity index (χ2v) is 3.90. The predicted octanol–water partition coefficient (Wildman–Crippen LogP) is 1.35. The van der Waals surface area contributed by atoms with Crippen LogP contribution in [0.25, 0.3) is 0 Å². The van der Waals surface area contributed by atoms with Gasteiger partial charge in [-0.3, -0.25) is 0 Å². The van der Waals surface area contributed by atoms with Gasteiger partial charge in [0, 0.05) is 25.0 Å². The molecule has 0 unspecified atom stereocenters. The molecule has 1 aromatic rings. The predicted molar refractivity (Wildman–Crippen MR) is 61.6 cm³/mol. The minimum atomic E-state index is -0.297. The first kappa shape index (κ1) is 12.8. The van der Waals surface area contributed by atoms with Crippen molar-refractivity contribution in [3.63, 3.8) is 0 Å². The number of esters is 1. The van der Waals surface area contributed by atoms with Crippen molar-refractivity contribution in [3.8, 4) is 0 Å². The quantitative estimate of drug-likeness (QED) is 0.787. The zero-order valence-corrected chi connectivity index (χ0v) is 10.3. The van der Waals surface area contributed by atoms with E-state index in [0.29, 0.717) is 18.4 Å². The Balaban J connectivity index is 3.22. The number of aliphatic hydroxyl groups excluding tert-OH is 1. The first-order valence-corrected chi connectivity index (χ1v) is 5.38. The van der Waals surface area contributed by atoms with Crippen LogP contribution in [0.2, 0.25) is 0 Å². The van der Waals surface area contributed by atoms with Gasteiger partial charge >= 0.3 is 5.97 Å². The Bertz CT molecular complexity index is 393. The Kier molecular flexibility index (Phi) is 4.12.